The molecule has 0 aliphatic carbocycles. The van der Waals surface area contributed by atoms with Crippen LogP contribution in [0.15, 0.2) is 35.7 Å². The number of anilines is 1. The molecule has 0 aliphatic heterocycles. The molecule has 0 atom stereocenters. The van der Waals surface area contributed by atoms with E-state index in [2.05, 4.69) is 10.3 Å². The quantitative estimate of drug-likeness (QED) is 0.888. The van der Waals surface area contributed by atoms with Crippen molar-refractivity contribution >= 4 is 22.4 Å². The third-order valence-corrected chi connectivity index (χ3v) is 3.29. The lowest BCUT2D eigenvalue weighted by atomic mass is 10.1. The normalized spacial score (nSPS) is 11.2. The summed E-state index contributed by atoms with van der Waals surface area (Å²) in [6, 6.07) is 9.79. The van der Waals surface area contributed by atoms with Gasteiger partial charge in [-0.1, -0.05) is 30.3 Å². The van der Waals surface area contributed by atoms with Gasteiger partial charge in [0.1, 0.15) is 5.54 Å². The molecular weight excluding hydrogens is 248 g/mol. The van der Waals surface area contributed by atoms with Crippen molar-refractivity contribution in [2.24, 2.45) is 0 Å². The van der Waals surface area contributed by atoms with Crippen LogP contribution in [0.3, 0.4) is 0 Å². The van der Waals surface area contributed by atoms with Gasteiger partial charge < -0.3 is 10.4 Å². The van der Waals surface area contributed by atoms with Crippen molar-refractivity contribution in [1.82, 2.24) is 4.98 Å². The van der Waals surface area contributed by atoms with E-state index in [1.54, 1.807) is 13.8 Å². The molecule has 2 N–H and O–H groups in total. The average molecular weight is 262 g/mol. The number of carbonyl (C=O) groups is 1. The van der Waals surface area contributed by atoms with Crippen molar-refractivity contribution < 1.29 is 9.90 Å². The first kappa shape index (κ1) is 12.6. The number of nitrogens with one attached hydrogen (secondary N) is 1. The van der Waals surface area contributed by atoms with E-state index in [1.807, 2.05) is 35.7 Å². The molecule has 0 unspecified atom stereocenters. The van der Waals surface area contributed by atoms with Gasteiger partial charge in [0.15, 0.2) is 5.13 Å². The van der Waals surface area contributed by atoms with Crippen LogP contribution in [-0.4, -0.2) is 21.6 Å². The number of carboxylic acids is 1. The number of benzene rings is 1. The van der Waals surface area contributed by atoms with E-state index in [-0.39, 0.29) is 0 Å². The van der Waals surface area contributed by atoms with Gasteiger partial charge in [-0.25, -0.2) is 9.78 Å². The Bertz CT molecular complexity index is 549. The number of carboxylic acid groups (broad SMARTS) is 1. The van der Waals surface area contributed by atoms with Crippen molar-refractivity contribution in [1.29, 1.82) is 0 Å². The number of nitrogens with zero attached hydrogens (tertiary/aromatic N) is 1. The Morgan fingerprint density at radius 1 is 1.33 bits per heavy atom. The van der Waals surface area contributed by atoms with Gasteiger partial charge in [0.05, 0.1) is 5.69 Å². The van der Waals surface area contributed by atoms with E-state index in [0.29, 0.717) is 5.13 Å². The maximum absolute atomic E-state index is 11.0. The highest BCUT2D eigenvalue weighted by molar-refractivity contribution is 7.14. The topological polar surface area (TPSA) is 62.2 Å². The van der Waals surface area contributed by atoms with Crippen LogP contribution >= 0.6 is 11.3 Å². The summed E-state index contributed by atoms with van der Waals surface area (Å²) in [4.78, 5) is 15.4. The molecule has 5 heteroatoms. The molecule has 1 aromatic carbocycles. The van der Waals surface area contributed by atoms with E-state index < -0.39 is 11.5 Å². The summed E-state index contributed by atoms with van der Waals surface area (Å²) in [6.45, 7) is 3.22. The van der Waals surface area contributed by atoms with E-state index in [1.165, 1.54) is 11.3 Å². The molecule has 0 bridgehead atoms. The third-order valence-electron chi connectivity index (χ3n) is 2.53. The predicted octanol–water partition coefficient (Wildman–Crippen LogP) is 3.09. The first-order valence-electron chi connectivity index (χ1n) is 5.51. The second kappa shape index (κ2) is 4.78. The zero-order valence-corrected chi connectivity index (χ0v) is 11.0. The largest absolute Gasteiger partial charge is 0.480 e. The van der Waals surface area contributed by atoms with Crippen LogP contribution in [0.4, 0.5) is 5.13 Å². The Morgan fingerprint density at radius 2 is 2.00 bits per heavy atom. The van der Waals surface area contributed by atoms with Crippen LogP contribution in [0, 0.1) is 0 Å². The standard InChI is InChI=1S/C13H14N2O2S/c1-13(2,11(16)17)15-12-14-10(8-18-12)9-6-4-3-5-7-9/h3-8H,1-2H3,(H,14,15)(H,16,17). The molecule has 0 radical (unpaired) electrons. The van der Waals surface area contributed by atoms with Gasteiger partial charge in [-0.05, 0) is 13.8 Å². The number of aromatic nitrogens is 1. The minimum absolute atomic E-state index is 0.612. The molecule has 0 spiro atoms. The first-order valence-corrected chi connectivity index (χ1v) is 6.39. The lowest BCUT2D eigenvalue weighted by Gasteiger charge is -2.19. The highest BCUT2D eigenvalue weighted by Crippen LogP contribution is 2.26. The molecule has 1 heterocycles. The fourth-order valence-corrected chi connectivity index (χ4v) is 2.27. The number of rotatable bonds is 4. The molecule has 0 saturated carbocycles. The molecule has 4 nitrogen and oxygen atoms in total. The van der Waals surface area contributed by atoms with Crippen LogP contribution < -0.4 is 5.32 Å². The Labute approximate surface area is 109 Å². The average Bonchev–Trinajstić information content (AvgIpc) is 2.78. The molecule has 94 valence electrons. The predicted molar refractivity (Wildman–Crippen MR) is 72.9 cm³/mol. The summed E-state index contributed by atoms with van der Waals surface area (Å²) in [5.41, 5.74) is 0.852. The summed E-state index contributed by atoms with van der Waals surface area (Å²) in [6.07, 6.45) is 0. The van der Waals surface area contributed by atoms with E-state index >= 15 is 0 Å². The minimum atomic E-state index is -1.02. The van der Waals surface area contributed by atoms with Crippen LogP contribution in [-0.2, 0) is 4.79 Å². The van der Waals surface area contributed by atoms with E-state index in [4.69, 9.17) is 5.11 Å². The van der Waals surface area contributed by atoms with Crippen molar-refractivity contribution in [3.63, 3.8) is 0 Å². The van der Waals surface area contributed by atoms with Crippen molar-refractivity contribution in [3.05, 3.63) is 35.7 Å². The fraction of sp³-hybridized carbons (Fsp3) is 0.231. The fourth-order valence-electron chi connectivity index (χ4n) is 1.39. The summed E-state index contributed by atoms with van der Waals surface area (Å²) in [5.74, 6) is -0.904. The molecule has 0 saturated heterocycles. The van der Waals surface area contributed by atoms with Gasteiger partial charge in [-0.2, -0.15) is 0 Å². The molecule has 18 heavy (non-hydrogen) atoms. The molecule has 0 amide bonds. The highest BCUT2D eigenvalue weighted by atomic mass is 32.1. The maximum Gasteiger partial charge on any atom is 0.328 e. The summed E-state index contributed by atoms with van der Waals surface area (Å²) >= 11 is 1.40. The first-order chi connectivity index (χ1) is 8.49. The summed E-state index contributed by atoms with van der Waals surface area (Å²) in [5, 5.41) is 14.5. The van der Waals surface area contributed by atoms with Crippen molar-refractivity contribution in [2.45, 2.75) is 19.4 Å². The van der Waals surface area contributed by atoms with Gasteiger partial charge in [0.25, 0.3) is 0 Å². The molecular formula is C13H14N2O2S. The smallest absolute Gasteiger partial charge is 0.328 e. The minimum Gasteiger partial charge on any atom is -0.480 e. The molecule has 0 fully saturated rings. The number of thiazole rings is 1. The second-order valence-electron chi connectivity index (χ2n) is 4.46. The van der Waals surface area contributed by atoms with Gasteiger partial charge in [-0.3, -0.25) is 0 Å². The van der Waals surface area contributed by atoms with Crippen LogP contribution in [0.2, 0.25) is 0 Å². The summed E-state index contributed by atoms with van der Waals surface area (Å²) < 4.78 is 0. The SMILES string of the molecule is CC(C)(Nc1nc(-c2ccccc2)cs1)C(=O)O. The van der Waals surface area contributed by atoms with Crippen LogP contribution in [0.1, 0.15) is 13.8 Å². The molecule has 2 rings (SSSR count). The molecule has 0 aliphatic rings. The third kappa shape index (κ3) is 2.68. The lowest BCUT2D eigenvalue weighted by molar-refractivity contribution is -0.141. The van der Waals surface area contributed by atoms with Crippen LogP contribution in [0.5, 0.6) is 0 Å². The lowest BCUT2D eigenvalue weighted by Crippen LogP contribution is -2.39. The van der Waals surface area contributed by atoms with E-state index in [0.717, 1.165) is 11.3 Å². The monoisotopic (exact) mass is 262 g/mol. The summed E-state index contributed by atoms with van der Waals surface area (Å²) in [7, 11) is 0. The van der Waals surface area contributed by atoms with Crippen LogP contribution in [0.25, 0.3) is 11.3 Å². The Kier molecular flexibility index (Phi) is 3.34. The van der Waals surface area contributed by atoms with Gasteiger partial charge in [0.2, 0.25) is 0 Å². The Morgan fingerprint density at radius 3 is 2.61 bits per heavy atom. The van der Waals surface area contributed by atoms with Gasteiger partial charge in [-0.15, -0.1) is 11.3 Å². The number of hydrogen-bond donors (Lipinski definition) is 2. The molecule has 2 aromatic rings. The highest BCUT2D eigenvalue weighted by Gasteiger charge is 2.27. The molecule has 1 aromatic heterocycles. The zero-order valence-electron chi connectivity index (χ0n) is 10.2. The zero-order chi connectivity index (χ0) is 13.2. The van der Waals surface area contributed by atoms with Crippen molar-refractivity contribution in [2.75, 3.05) is 5.32 Å². The van der Waals surface area contributed by atoms with Gasteiger partial charge in [0, 0.05) is 10.9 Å². The van der Waals surface area contributed by atoms with Crippen molar-refractivity contribution in [3.8, 4) is 11.3 Å². The Hall–Kier alpha value is -1.88. The maximum atomic E-state index is 11.0. The Balaban J connectivity index is 2.19. The number of aliphatic carboxylic acids is 1. The second-order valence-corrected chi connectivity index (χ2v) is 5.32. The van der Waals surface area contributed by atoms with Gasteiger partial charge >= 0.3 is 5.97 Å². The number of hydrogen-bond acceptors (Lipinski definition) is 4. The van der Waals surface area contributed by atoms with E-state index in [9.17, 15) is 4.79 Å².